The zero-order valence-electron chi connectivity index (χ0n) is 15.1. The minimum atomic E-state index is -0.641. The molecule has 0 aromatic heterocycles. The maximum atomic E-state index is 13.1. The van der Waals surface area contributed by atoms with Crippen molar-refractivity contribution in [1.29, 1.82) is 0 Å². The Kier molecular flexibility index (Phi) is 7.96. The van der Waals surface area contributed by atoms with Crippen molar-refractivity contribution >= 4 is 46.6 Å². The first kappa shape index (κ1) is 21.5. The van der Waals surface area contributed by atoms with Gasteiger partial charge in [0.1, 0.15) is 6.04 Å². The summed E-state index contributed by atoms with van der Waals surface area (Å²) in [6, 6.07) is 11.7. The minimum absolute atomic E-state index is 0.0786. The van der Waals surface area contributed by atoms with Gasteiger partial charge in [-0.3, -0.25) is 9.59 Å². The molecule has 1 unspecified atom stereocenters. The first-order valence-electron chi connectivity index (χ1n) is 8.56. The number of benzene rings is 2. The molecule has 2 aromatic rings. The van der Waals surface area contributed by atoms with Crippen molar-refractivity contribution in [2.24, 2.45) is 0 Å². The molecule has 0 aliphatic heterocycles. The molecule has 2 aromatic carbocycles. The van der Waals surface area contributed by atoms with E-state index in [1.54, 1.807) is 43.4 Å². The van der Waals surface area contributed by atoms with Gasteiger partial charge in [0.2, 0.25) is 11.8 Å². The highest BCUT2D eigenvalue weighted by atomic mass is 35.5. The summed E-state index contributed by atoms with van der Waals surface area (Å²) in [6.07, 6.45) is 0.533. The lowest BCUT2D eigenvalue weighted by Gasteiger charge is -2.31. The Labute approximate surface area is 174 Å². The monoisotopic (exact) mass is 426 g/mol. The molecule has 2 rings (SSSR count). The third kappa shape index (κ3) is 5.38. The van der Waals surface area contributed by atoms with E-state index in [2.05, 4.69) is 5.32 Å². The van der Waals surface area contributed by atoms with Gasteiger partial charge < -0.3 is 10.2 Å². The maximum absolute atomic E-state index is 13.1. The standard InChI is InChI=1S/C20H21Cl3N2O2/c1-3-18(20(27)24-2)25(12-14-16(22)9-6-10-17(14)23)19(26)11-13-7-4-5-8-15(13)21/h4-10,18H,3,11-12H2,1-2H3,(H,24,27). The van der Waals surface area contributed by atoms with Crippen LogP contribution in [0.4, 0.5) is 0 Å². The van der Waals surface area contributed by atoms with E-state index >= 15 is 0 Å². The van der Waals surface area contributed by atoms with E-state index in [0.29, 0.717) is 32.6 Å². The van der Waals surface area contributed by atoms with Crippen LogP contribution in [0.5, 0.6) is 0 Å². The van der Waals surface area contributed by atoms with Crippen LogP contribution in [0.15, 0.2) is 42.5 Å². The number of rotatable bonds is 7. The molecular weight excluding hydrogens is 407 g/mol. The fraction of sp³-hybridized carbons (Fsp3) is 0.300. The molecule has 2 amide bonds. The van der Waals surface area contributed by atoms with E-state index in [9.17, 15) is 9.59 Å². The quantitative estimate of drug-likeness (QED) is 0.693. The van der Waals surface area contributed by atoms with Gasteiger partial charge in [-0.15, -0.1) is 0 Å². The van der Waals surface area contributed by atoms with Crippen molar-refractivity contribution in [2.45, 2.75) is 32.4 Å². The largest absolute Gasteiger partial charge is 0.357 e. The molecule has 0 heterocycles. The fourth-order valence-electron chi connectivity index (χ4n) is 2.85. The van der Waals surface area contributed by atoms with E-state index in [4.69, 9.17) is 34.8 Å². The maximum Gasteiger partial charge on any atom is 0.242 e. The highest BCUT2D eigenvalue weighted by Gasteiger charge is 2.29. The molecule has 0 saturated heterocycles. The van der Waals surface area contributed by atoms with Crippen molar-refractivity contribution in [3.63, 3.8) is 0 Å². The highest BCUT2D eigenvalue weighted by molar-refractivity contribution is 6.36. The van der Waals surface area contributed by atoms with Gasteiger partial charge >= 0.3 is 0 Å². The highest BCUT2D eigenvalue weighted by Crippen LogP contribution is 2.27. The Balaban J connectivity index is 2.38. The van der Waals surface area contributed by atoms with Gasteiger partial charge in [0.25, 0.3) is 0 Å². The van der Waals surface area contributed by atoms with Gasteiger partial charge in [-0.2, -0.15) is 0 Å². The van der Waals surface area contributed by atoms with E-state index in [1.165, 1.54) is 4.90 Å². The number of amides is 2. The van der Waals surface area contributed by atoms with Gasteiger partial charge in [-0.25, -0.2) is 0 Å². The minimum Gasteiger partial charge on any atom is -0.357 e. The predicted octanol–water partition coefficient (Wildman–Crippen LogP) is 4.74. The van der Waals surface area contributed by atoms with Crippen molar-refractivity contribution in [3.8, 4) is 0 Å². The summed E-state index contributed by atoms with van der Waals surface area (Å²) in [7, 11) is 1.55. The molecule has 144 valence electrons. The van der Waals surface area contributed by atoms with Crippen LogP contribution in [0.1, 0.15) is 24.5 Å². The second kappa shape index (κ2) is 9.98. The van der Waals surface area contributed by atoms with Crippen LogP contribution in [-0.4, -0.2) is 29.8 Å². The number of carbonyl (C=O) groups excluding carboxylic acids is 2. The zero-order valence-corrected chi connectivity index (χ0v) is 17.4. The van der Waals surface area contributed by atoms with Crippen LogP contribution < -0.4 is 5.32 Å². The SMILES string of the molecule is CCC(C(=O)NC)N(Cc1c(Cl)cccc1Cl)C(=O)Cc1ccccc1Cl. The summed E-state index contributed by atoms with van der Waals surface area (Å²) in [6.45, 7) is 1.98. The third-order valence-corrected chi connectivity index (χ3v) is 5.40. The Hall–Kier alpha value is -1.75. The molecular formula is C20H21Cl3N2O2. The lowest BCUT2D eigenvalue weighted by atomic mass is 10.1. The fourth-order valence-corrected chi connectivity index (χ4v) is 3.57. The lowest BCUT2D eigenvalue weighted by molar-refractivity contribution is -0.140. The second-order valence-corrected chi connectivity index (χ2v) is 7.25. The lowest BCUT2D eigenvalue weighted by Crippen LogP contribution is -2.48. The summed E-state index contributed by atoms with van der Waals surface area (Å²) in [5, 5.41) is 4.02. The van der Waals surface area contributed by atoms with Crippen LogP contribution in [0.2, 0.25) is 15.1 Å². The summed E-state index contributed by atoms with van der Waals surface area (Å²) in [5.74, 6) is -0.470. The number of likely N-dealkylation sites (N-methyl/N-ethyl adjacent to an activating group) is 1. The third-order valence-electron chi connectivity index (χ3n) is 4.32. The van der Waals surface area contributed by atoms with E-state index in [1.807, 2.05) is 13.0 Å². The average Bonchev–Trinajstić information content (AvgIpc) is 2.65. The summed E-state index contributed by atoms with van der Waals surface area (Å²) < 4.78 is 0. The van der Waals surface area contributed by atoms with E-state index in [-0.39, 0.29) is 24.8 Å². The first-order chi connectivity index (χ1) is 12.9. The van der Waals surface area contributed by atoms with Gasteiger partial charge in [-0.1, -0.05) is 66.0 Å². The number of carbonyl (C=O) groups is 2. The normalized spacial score (nSPS) is 11.7. The molecule has 0 saturated carbocycles. The van der Waals surface area contributed by atoms with Crippen LogP contribution in [0, 0.1) is 0 Å². The molecule has 1 N–H and O–H groups in total. The summed E-state index contributed by atoms with van der Waals surface area (Å²) in [4.78, 5) is 27.0. The molecule has 1 atom stereocenters. The van der Waals surface area contributed by atoms with E-state index in [0.717, 1.165) is 0 Å². The Morgan fingerprint density at radius 2 is 1.59 bits per heavy atom. The Bertz CT molecular complexity index is 806. The summed E-state index contributed by atoms with van der Waals surface area (Å²) in [5.41, 5.74) is 1.31. The van der Waals surface area contributed by atoms with Gasteiger partial charge in [-0.05, 0) is 30.2 Å². The Morgan fingerprint density at radius 3 is 2.15 bits per heavy atom. The van der Waals surface area contributed by atoms with Crippen molar-refractivity contribution in [3.05, 3.63) is 68.7 Å². The van der Waals surface area contributed by atoms with Crippen molar-refractivity contribution < 1.29 is 9.59 Å². The molecule has 0 bridgehead atoms. The first-order valence-corrected chi connectivity index (χ1v) is 9.69. The average molecular weight is 428 g/mol. The molecule has 0 fully saturated rings. The van der Waals surface area contributed by atoms with Crippen LogP contribution in [-0.2, 0) is 22.6 Å². The molecule has 0 aliphatic carbocycles. The molecule has 27 heavy (non-hydrogen) atoms. The molecule has 7 heteroatoms. The van der Waals surface area contributed by atoms with Gasteiger partial charge in [0, 0.05) is 34.2 Å². The second-order valence-electron chi connectivity index (χ2n) is 6.03. The van der Waals surface area contributed by atoms with E-state index < -0.39 is 6.04 Å². The van der Waals surface area contributed by atoms with Crippen LogP contribution in [0.25, 0.3) is 0 Å². The smallest absolute Gasteiger partial charge is 0.242 e. The topological polar surface area (TPSA) is 49.4 Å². The number of nitrogens with zero attached hydrogens (tertiary/aromatic N) is 1. The summed E-state index contributed by atoms with van der Waals surface area (Å²) >= 11 is 18.8. The number of hydrogen-bond acceptors (Lipinski definition) is 2. The zero-order chi connectivity index (χ0) is 20.0. The van der Waals surface area contributed by atoms with Crippen molar-refractivity contribution in [1.82, 2.24) is 10.2 Å². The number of halogens is 3. The van der Waals surface area contributed by atoms with Crippen LogP contribution in [0.3, 0.4) is 0 Å². The Morgan fingerprint density at radius 1 is 1.00 bits per heavy atom. The van der Waals surface area contributed by atoms with Gasteiger partial charge in [0.15, 0.2) is 0 Å². The molecule has 0 radical (unpaired) electrons. The predicted molar refractivity (Wildman–Crippen MR) is 110 cm³/mol. The number of nitrogens with one attached hydrogen (secondary N) is 1. The molecule has 0 spiro atoms. The van der Waals surface area contributed by atoms with Gasteiger partial charge in [0.05, 0.1) is 6.42 Å². The van der Waals surface area contributed by atoms with Crippen LogP contribution >= 0.6 is 34.8 Å². The number of hydrogen-bond donors (Lipinski definition) is 1. The molecule has 4 nitrogen and oxygen atoms in total. The molecule has 0 aliphatic rings. The van der Waals surface area contributed by atoms with Crippen molar-refractivity contribution in [2.75, 3.05) is 7.05 Å².